The highest BCUT2D eigenvalue weighted by atomic mass is 16.5. The van der Waals surface area contributed by atoms with Crippen molar-refractivity contribution in [3.63, 3.8) is 0 Å². The molecule has 0 heterocycles. The van der Waals surface area contributed by atoms with Gasteiger partial charge in [0, 0.05) is 17.8 Å². The molecule has 2 aromatic rings. The number of aliphatic hydroxyl groups is 1. The van der Waals surface area contributed by atoms with Gasteiger partial charge in [0.1, 0.15) is 5.75 Å². The molecular weight excluding hydrogens is 316 g/mol. The smallest absolute Gasteiger partial charge is 0.319 e. The normalized spacial score (nSPS) is 15.6. The number of para-hydroxylation sites is 1. The third kappa shape index (κ3) is 4.31. The molecule has 5 heteroatoms. The average molecular weight is 340 g/mol. The number of methoxy groups -OCH3 is 1. The molecule has 1 aliphatic carbocycles. The molecule has 3 rings (SSSR count). The molecule has 2 amide bonds. The minimum absolute atomic E-state index is 0.283. The quantitative estimate of drug-likeness (QED) is 0.775. The second kappa shape index (κ2) is 7.57. The van der Waals surface area contributed by atoms with Gasteiger partial charge < -0.3 is 20.5 Å². The van der Waals surface area contributed by atoms with Gasteiger partial charge in [0.25, 0.3) is 0 Å². The van der Waals surface area contributed by atoms with E-state index in [0.717, 1.165) is 42.6 Å². The maximum atomic E-state index is 12.1. The van der Waals surface area contributed by atoms with Crippen molar-refractivity contribution in [3.05, 3.63) is 48.5 Å². The first-order chi connectivity index (χ1) is 12.1. The van der Waals surface area contributed by atoms with Gasteiger partial charge in [-0.25, -0.2) is 4.79 Å². The van der Waals surface area contributed by atoms with E-state index in [-0.39, 0.29) is 12.6 Å². The number of rotatable bonds is 5. The van der Waals surface area contributed by atoms with Gasteiger partial charge in [-0.3, -0.25) is 0 Å². The number of nitrogens with one attached hydrogen (secondary N) is 2. The predicted octanol–water partition coefficient (Wildman–Crippen LogP) is 3.79. The van der Waals surface area contributed by atoms with Crippen LogP contribution in [0.5, 0.6) is 5.75 Å². The Labute approximate surface area is 148 Å². The van der Waals surface area contributed by atoms with Crippen molar-refractivity contribution in [1.29, 1.82) is 0 Å². The first-order valence-electron chi connectivity index (χ1n) is 8.60. The standard InChI is InChI=1S/C20H24N2O3/c1-25-18-10-3-2-9-17(18)15-7-6-8-16(13-15)22-19(23)21-14-20(24)11-4-5-12-20/h2-3,6-10,13,24H,4-5,11-12,14H2,1H3,(H2,21,22,23). The molecule has 2 aromatic carbocycles. The molecule has 0 bridgehead atoms. The van der Waals surface area contributed by atoms with Crippen LogP contribution in [-0.4, -0.2) is 30.4 Å². The second-order valence-electron chi connectivity index (χ2n) is 6.52. The van der Waals surface area contributed by atoms with E-state index in [2.05, 4.69) is 10.6 Å². The first-order valence-corrected chi connectivity index (χ1v) is 8.60. The summed E-state index contributed by atoms with van der Waals surface area (Å²) in [7, 11) is 1.64. The number of hydrogen-bond donors (Lipinski definition) is 3. The van der Waals surface area contributed by atoms with Crippen molar-refractivity contribution in [2.45, 2.75) is 31.3 Å². The van der Waals surface area contributed by atoms with Gasteiger partial charge in [0.15, 0.2) is 0 Å². The molecule has 25 heavy (non-hydrogen) atoms. The highest BCUT2D eigenvalue weighted by molar-refractivity contribution is 5.90. The van der Waals surface area contributed by atoms with Gasteiger partial charge in [0.2, 0.25) is 0 Å². The lowest BCUT2D eigenvalue weighted by molar-refractivity contribution is 0.0506. The molecule has 0 aliphatic heterocycles. The SMILES string of the molecule is COc1ccccc1-c1cccc(NC(=O)NCC2(O)CCCC2)c1. The molecule has 0 radical (unpaired) electrons. The number of hydrogen-bond acceptors (Lipinski definition) is 3. The first kappa shape index (κ1) is 17.3. The largest absolute Gasteiger partial charge is 0.496 e. The van der Waals surface area contributed by atoms with Crippen LogP contribution in [0, 0.1) is 0 Å². The summed E-state index contributed by atoms with van der Waals surface area (Å²) in [5, 5.41) is 15.9. The molecule has 0 aromatic heterocycles. The highest BCUT2D eigenvalue weighted by Gasteiger charge is 2.31. The lowest BCUT2D eigenvalue weighted by Crippen LogP contribution is -2.42. The molecule has 0 unspecified atom stereocenters. The van der Waals surface area contributed by atoms with Gasteiger partial charge in [-0.05, 0) is 36.6 Å². The van der Waals surface area contributed by atoms with Crippen LogP contribution in [0.2, 0.25) is 0 Å². The van der Waals surface area contributed by atoms with E-state index in [9.17, 15) is 9.90 Å². The van der Waals surface area contributed by atoms with Gasteiger partial charge >= 0.3 is 6.03 Å². The second-order valence-corrected chi connectivity index (χ2v) is 6.52. The van der Waals surface area contributed by atoms with Crippen molar-refractivity contribution in [3.8, 4) is 16.9 Å². The summed E-state index contributed by atoms with van der Waals surface area (Å²) in [6.45, 7) is 0.283. The Bertz CT molecular complexity index is 739. The molecule has 0 atom stereocenters. The van der Waals surface area contributed by atoms with Gasteiger partial charge in [-0.2, -0.15) is 0 Å². The number of carbonyl (C=O) groups is 1. The van der Waals surface area contributed by atoms with E-state index >= 15 is 0 Å². The molecule has 5 nitrogen and oxygen atoms in total. The van der Waals surface area contributed by atoms with Crippen molar-refractivity contribution >= 4 is 11.7 Å². The molecule has 1 fully saturated rings. The summed E-state index contributed by atoms with van der Waals surface area (Å²) in [5.41, 5.74) is 1.87. The summed E-state index contributed by atoms with van der Waals surface area (Å²) in [4.78, 5) is 12.1. The van der Waals surface area contributed by atoms with Crippen LogP contribution in [-0.2, 0) is 0 Å². The summed E-state index contributed by atoms with van der Waals surface area (Å²) in [6, 6.07) is 15.1. The topological polar surface area (TPSA) is 70.6 Å². The Kier molecular flexibility index (Phi) is 5.24. The fourth-order valence-electron chi connectivity index (χ4n) is 3.28. The van der Waals surface area contributed by atoms with Crippen molar-refractivity contribution in [2.24, 2.45) is 0 Å². The zero-order chi connectivity index (χ0) is 17.7. The van der Waals surface area contributed by atoms with E-state index in [1.807, 2.05) is 48.5 Å². The number of urea groups is 1. The molecule has 3 N–H and O–H groups in total. The summed E-state index contributed by atoms with van der Waals surface area (Å²) >= 11 is 0. The Balaban J connectivity index is 1.66. The number of anilines is 1. The zero-order valence-corrected chi connectivity index (χ0v) is 14.4. The van der Waals surface area contributed by atoms with Crippen LogP contribution in [0.1, 0.15) is 25.7 Å². The van der Waals surface area contributed by atoms with E-state index in [1.54, 1.807) is 7.11 Å². The minimum atomic E-state index is -0.753. The Morgan fingerprint density at radius 2 is 1.92 bits per heavy atom. The molecular formula is C20H24N2O3. The van der Waals surface area contributed by atoms with Crippen molar-refractivity contribution < 1.29 is 14.6 Å². The number of ether oxygens (including phenoxy) is 1. The molecule has 0 saturated heterocycles. The van der Waals surface area contributed by atoms with Gasteiger partial charge in [-0.1, -0.05) is 43.2 Å². The summed E-state index contributed by atoms with van der Waals surface area (Å²) < 4.78 is 5.40. The van der Waals surface area contributed by atoms with Crippen LogP contribution >= 0.6 is 0 Å². The van der Waals surface area contributed by atoms with Crippen molar-refractivity contribution in [1.82, 2.24) is 5.32 Å². The zero-order valence-electron chi connectivity index (χ0n) is 14.4. The van der Waals surface area contributed by atoms with Gasteiger partial charge in [-0.15, -0.1) is 0 Å². The molecule has 132 valence electrons. The highest BCUT2D eigenvalue weighted by Crippen LogP contribution is 2.31. The van der Waals surface area contributed by atoms with Crippen molar-refractivity contribution in [2.75, 3.05) is 19.0 Å². The predicted molar refractivity (Wildman–Crippen MR) is 98.9 cm³/mol. The lowest BCUT2D eigenvalue weighted by atomic mass is 10.0. The third-order valence-corrected chi connectivity index (χ3v) is 4.65. The van der Waals surface area contributed by atoms with Gasteiger partial charge in [0.05, 0.1) is 12.7 Å². The van der Waals surface area contributed by atoms with Crippen LogP contribution in [0.25, 0.3) is 11.1 Å². The number of benzene rings is 2. The monoisotopic (exact) mass is 340 g/mol. The fraction of sp³-hybridized carbons (Fsp3) is 0.350. The Morgan fingerprint density at radius 1 is 1.16 bits per heavy atom. The Morgan fingerprint density at radius 3 is 2.68 bits per heavy atom. The van der Waals surface area contributed by atoms with E-state index in [0.29, 0.717) is 5.69 Å². The van der Waals surface area contributed by atoms with Crippen LogP contribution in [0.3, 0.4) is 0 Å². The average Bonchev–Trinajstić information content (AvgIpc) is 3.07. The van der Waals surface area contributed by atoms with E-state index in [1.165, 1.54) is 0 Å². The molecule has 1 saturated carbocycles. The summed E-state index contributed by atoms with van der Waals surface area (Å²) in [6.07, 6.45) is 3.52. The number of carbonyl (C=O) groups excluding carboxylic acids is 1. The number of amides is 2. The minimum Gasteiger partial charge on any atom is -0.496 e. The molecule has 0 spiro atoms. The van der Waals surface area contributed by atoms with Crippen LogP contribution in [0.15, 0.2) is 48.5 Å². The Hall–Kier alpha value is -2.53. The fourth-order valence-corrected chi connectivity index (χ4v) is 3.28. The van der Waals surface area contributed by atoms with Crippen LogP contribution < -0.4 is 15.4 Å². The van der Waals surface area contributed by atoms with Crippen LogP contribution in [0.4, 0.5) is 10.5 Å². The third-order valence-electron chi connectivity index (χ3n) is 4.65. The van der Waals surface area contributed by atoms with E-state index < -0.39 is 5.60 Å². The molecule has 1 aliphatic rings. The maximum Gasteiger partial charge on any atom is 0.319 e. The maximum absolute atomic E-state index is 12.1. The van der Waals surface area contributed by atoms with E-state index in [4.69, 9.17) is 4.74 Å². The summed E-state index contributed by atoms with van der Waals surface area (Å²) in [5.74, 6) is 0.785. The lowest BCUT2D eigenvalue weighted by Gasteiger charge is -2.22.